The van der Waals surface area contributed by atoms with Crippen LogP contribution in [-0.2, 0) is 4.79 Å². The van der Waals surface area contributed by atoms with Gasteiger partial charge in [-0.1, -0.05) is 128 Å². The second kappa shape index (κ2) is 26.7. The second-order valence-electron chi connectivity index (χ2n) is 8.47. The molecule has 166 valence electrons. The quantitative estimate of drug-likeness (QED) is 0.0730. The zero-order chi connectivity index (χ0) is 20.4. The molecule has 0 rings (SSSR count). The van der Waals surface area contributed by atoms with E-state index in [2.05, 4.69) is 17.6 Å². The summed E-state index contributed by atoms with van der Waals surface area (Å²) in [4.78, 5) is 13.5. The molecule has 0 fully saturated rings. The molecular formula is C25H49NOS. The van der Waals surface area contributed by atoms with Gasteiger partial charge in [-0.2, -0.15) is 12.6 Å². The normalized spacial score (nSPS) is 10.9. The van der Waals surface area contributed by atoms with E-state index in [1.54, 1.807) is 6.08 Å². The molecule has 0 aliphatic heterocycles. The number of unbranched alkanes of at least 4 members (excludes halogenated alkanes) is 21. The highest BCUT2D eigenvalue weighted by Gasteiger charge is 1.95. The average molecular weight is 412 g/mol. The van der Waals surface area contributed by atoms with Crippen molar-refractivity contribution in [1.82, 2.24) is 0 Å². The maximum absolute atomic E-state index is 9.94. The van der Waals surface area contributed by atoms with Crippen LogP contribution in [0.1, 0.15) is 141 Å². The second-order valence-corrected chi connectivity index (χ2v) is 8.92. The fraction of sp³-hybridized carbons (Fsp3) is 0.960. The van der Waals surface area contributed by atoms with Gasteiger partial charge in [0.05, 0.1) is 6.54 Å². The number of isocyanates is 1. The van der Waals surface area contributed by atoms with Gasteiger partial charge in [0.2, 0.25) is 6.08 Å². The van der Waals surface area contributed by atoms with Gasteiger partial charge >= 0.3 is 0 Å². The third-order valence-electron chi connectivity index (χ3n) is 5.74. The van der Waals surface area contributed by atoms with Gasteiger partial charge in [-0.05, 0) is 18.6 Å². The van der Waals surface area contributed by atoms with Crippen molar-refractivity contribution in [1.29, 1.82) is 0 Å². The van der Waals surface area contributed by atoms with E-state index in [0.717, 1.165) is 12.2 Å². The van der Waals surface area contributed by atoms with Crippen LogP contribution >= 0.6 is 12.6 Å². The van der Waals surface area contributed by atoms with Gasteiger partial charge in [0.25, 0.3) is 0 Å². The van der Waals surface area contributed by atoms with Crippen LogP contribution < -0.4 is 0 Å². The summed E-state index contributed by atoms with van der Waals surface area (Å²) in [6.07, 6.45) is 32.2. The molecule has 0 unspecified atom stereocenters. The highest BCUT2D eigenvalue weighted by molar-refractivity contribution is 7.80. The number of aliphatic imine (C=N–C) groups is 1. The average Bonchev–Trinajstić information content (AvgIpc) is 2.71. The summed E-state index contributed by atoms with van der Waals surface area (Å²) in [5, 5.41) is 0. The van der Waals surface area contributed by atoms with Crippen molar-refractivity contribution in [3.05, 3.63) is 0 Å². The summed E-state index contributed by atoms with van der Waals surface area (Å²) >= 11 is 4.26. The molecule has 0 aromatic heterocycles. The molecule has 28 heavy (non-hydrogen) atoms. The maximum atomic E-state index is 9.94. The van der Waals surface area contributed by atoms with Gasteiger partial charge in [0.1, 0.15) is 0 Å². The molecule has 0 aromatic carbocycles. The van der Waals surface area contributed by atoms with Gasteiger partial charge in [0.15, 0.2) is 0 Å². The summed E-state index contributed by atoms with van der Waals surface area (Å²) in [5.74, 6) is 1.06. The van der Waals surface area contributed by atoms with E-state index in [0.29, 0.717) is 6.54 Å². The third kappa shape index (κ3) is 25.7. The molecule has 0 bridgehead atoms. The van der Waals surface area contributed by atoms with Crippen LogP contribution in [0.3, 0.4) is 0 Å². The Bertz CT molecular complexity index is 329. The van der Waals surface area contributed by atoms with E-state index in [9.17, 15) is 4.79 Å². The van der Waals surface area contributed by atoms with Crippen LogP contribution in [0, 0.1) is 0 Å². The van der Waals surface area contributed by atoms with Gasteiger partial charge in [-0.15, -0.1) is 0 Å². The minimum absolute atomic E-state index is 0.667. The SMILES string of the molecule is O=C=NCCCCCCCCCCCCCCCCCCCCCCCCS. The molecule has 0 saturated carbocycles. The van der Waals surface area contributed by atoms with Crippen LogP contribution in [0.2, 0.25) is 0 Å². The van der Waals surface area contributed by atoms with Gasteiger partial charge < -0.3 is 0 Å². The Balaban J connectivity index is 2.98. The minimum atomic E-state index is 0.667. The van der Waals surface area contributed by atoms with Crippen molar-refractivity contribution in [2.45, 2.75) is 141 Å². The Morgan fingerprint density at radius 1 is 0.429 bits per heavy atom. The summed E-state index contributed by atoms with van der Waals surface area (Å²) in [6, 6.07) is 0. The van der Waals surface area contributed by atoms with Crippen molar-refractivity contribution < 1.29 is 4.79 Å². The van der Waals surface area contributed by atoms with Crippen LogP contribution in [0.25, 0.3) is 0 Å². The molecule has 0 aliphatic rings. The topological polar surface area (TPSA) is 29.4 Å². The lowest BCUT2D eigenvalue weighted by molar-refractivity contribution is 0.519. The Labute approximate surface area is 182 Å². The lowest BCUT2D eigenvalue weighted by Gasteiger charge is -2.04. The van der Waals surface area contributed by atoms with E-state index in [4.69, 9.17) is 0 Å². The molecule has 0 heterocycles. The molecule has 0 spiro atoms. The van der Waals surface area contributed by atoms with E-state index in [1.165, 1.54) is 135 Å². The van der Waals surface area contributed by atoms with E-state index < -0.39 is 0 Å². The third-order valence-corrected chi connectivity index (χ3v) is 6.06. The van der Waals surface area contributed by atoms with E-state index in [-0.39, 0.29) is 0 Å². The summed E-state index contributed by atoms with van der Waals surface area (Å²) in [6.45, 7) is 0.667. The number of hydrogen-bond donors (Lipinski definition) is 1. The predicted molar refractivity (Wildman–Crippen MR) is 128 cm³/mol. The van der Waals surface area contributed by atoms with E-state index >= 15 is 0 Å². The lowest BCUT2D eigenvalue weighted by atomic mass is 10.0. The lowest BCUT2D eigenvalue weighted by Crippen LogP contribution is -1.85. The summed E-state index contributed by atoms with van der Waals surface area (Å²) in [5.41, 5.74) is 0. The fourth-order valence-corrected chi connectivity index (χ4v) is 4.11. The Hall–Kier alpha value is -0.270. The Kier molecular flexibility index (Phi) is 26.5. The fourth-order valence-electron chi connectivity index (χ4n) is 3.88. The first-order chi connectivity index (χ1) is 13.9. The predicted octanol–water partition coefficient (Wildman–Crippen LogP) is 8.83. The van der Waals surface area contributed by atoms with Gasteiger partial charge in [0, 0.05) is 0 Å². The first kappa shape index (κ1) is 27.7. The van der Waals surface area contributed by atoms with Crippen molar-refractivity contribution >= 4 is 18.7 Å². The zero-order valence-electron chi connectivity index (χ0n) is 18.8. The monoisotopic (exact) mass is 411 g/mol. The van der Waals surface area contributed by atoms with Crippen LogP contribution in [0.5, 0.6) is 0 Å². The standard InChI is InChI=1S/C25H49NOS/c27-25-26-23-21-19-17-15-13-11-9-7-5-3-1-2-4-6-8-10-12-14-16-18-20-22-24-28/h28H,1-24H2. The first-order valence-electron chi connectivity index (χ1n) is 12.6. The van der Waals surface area contributed by atoms with Crippen molar-refractivity contribution in [3.63, 3.8) is 0 Å². The smallest absolute Gasteiger partial charge is 0.211 e. The van der Waals surface area contributed by atoms with Crippen LogP contribution in [-0.4, -0.2) is 18.4 Å². The van der Waals surface area contributed by atoms with Crippen molar-refractivity contribution in [2.24, 2.45) is 4.99 Å². The Morgan fingerprint density at radius 2 is 0.679 bits per heavy atom. The highest BCUT2D eigenvalue weighted by Crippen LogP contribution is 2.15. The maximum Gasteiger partial charge on any atom is 0.234 e. The number of rotatable bonds is 24. The van der Waals surface area contributed by atoms with Gasteiger partial charge in [-0.3, -0.25) is 0 Å². The van der Waals surface area contributed by atoms with Crippen molar-refractivity contribution in [2.75, 3.05) is 12.3 Å². The molecular weight excluding hydrogens is 362 g/mol. The van der Waals surface area contributed by atoms with Gasteiger partial charge in [-0.25, -0.2) is 9.79 Å². The molecule has 0 N–H and O–H groups in total. The van der Waals surface area contributed by atoms with Crippen LogP contribution in [0.15, 0.2) is 4.99 Å². The number of carbonyl (C=O) groups excluding carboxylic acids is 1. The first-order valence-corrected chi connectivity index (χ1v) is 13.2. The summed E-state index contributed by atoms with van der Waals surface area (Å²) in [7, 11) is 0. The minimum Gasteiger partial charge on any atom is -0.211 e. The van der Waals surface area contributed by atoms with Crippen molar-refractivity contribution in [3.8, 4) is 0 Å². The largest absolute Gasteiger partial charge is 0.234 e. The van der Waals surface area contributed by atoms with Crippen LogP contribution in [0.4, 0.5) is 0 Å². The highest BCUT2D eigenvalue weighted by atomic mass is 32.1. The molecule has 0 aliphatic carbocycles. The molecule has 0 radical (unpaired) electrons. The molecule has 2 nitrogen and oxygen atoms in total. The molecule has 0 amide bonds. The number of nitrogens with zero attached hydrogens (tertiary/aromatic N) is 1. The molecule has 0 aromatic rings. The molecule has 0 saturated heterocycles. The Morgan fingerprint density at radius 3 is 0.929 bits per heavy atom. The van der Waals surface area contributed by atoms with E-state index in [1.807, 2.05) is 0 Å². The molecule has 0 atom stereocenters. The zero-order valence-corrected chi connectivity index (χ0v) is 19.7. The molecule has 3 heteroatoms. The number of hydrogen-bond acceptors (Lipinski definition) is 3. The number of thiol groups is 1. The summed E-state index contributed by atoms with van der Waals surface area (Å²) < 4.78 is 0.